The summed E-state index contributed by atoms with van der Waals surface area (Å²) in [6.45, 7) is 9.63. The van der Waals surface area contributed by atoms with Crippen molar-refractivity contribution >= 4 is 0 Å². The average Bonchev–Trinajstić information content (AvgIpc) is 2.17. The van der Waals surface area contributed by atoms with Crippen molar-refractivity contribution in [2.45, 2.75) is 53.4 Å². The Hall–Kier alpha value is -0.260. The van der Waals surface area contributed by atoms with Crippen molar-refractivity contribution in [3.8, 4) is 0 Å². The molecular formula is C15H26. The van der Waals surface area contributed by atoms with Gasteiger partial charge in [-0.25, -0.2) is 0 Å². The fourth-order valence-corrected chi connectivity index (χ4v) is 3.87. The first kappa shape index (κ1) is 11.2. The average molecular weight is 206 g/mol. The van der Waals surface area contributed by atoms with E-state index in [0.717, 1.165) is 29.6 Å². The van der Waals surface area contributed by atoms with Crippen molar-refractivity contribution in [3.63, 3.8) is 0 Å². The largest absolute Gasteiger partial charge is 0.0819 e. The third-order valence-electron chi connectivity index (χ3n) is 4.88. The van der Waals surface area contributed by atoms with Gasteiger partial charge in [-0.05, 0) is 55.8 Å². The van der Waals surface area contributed by atoms with Gasteiger partial charge in [0.05, 0.1) is 0 Å². The quantitative estimate of drug-likeness (QED) is 0.547. The Kier molecular flexibility index (Phi) is 3.23. The zero-order valence-electron chi connectivity index (χ0n) is 10.8. The van der Waals surface area contributed by atoms with E-state index in [1.54, 1.807) is 5.57 Å². The Labute approximate surface area is 95.1 Å². The van der Waals surface area contributed by atoms with Crippen molar-refractivity contribution < 1.29 is 0 Å². The highest BCUT2D eigenvalue weighted by molar-refractivity contribution is 5.10. The molecule has 0 aromatic heterocycles. The highest BCUT2D eigenvalue weighted by Gasteiger charge is 2.38. The Balaban J connectivity index is 2.20. The van der Waals surface area contributed by atoms with Crippen LogP contribution in [0, 0.1) is 29.6 Å². The molecule has 86 valence electrons. The van der Waals surface area contributed by atoms with Crippen molar-refractivity contribution in [2.75, 3.05) is 0 Å². The summed E-state index contributed by atoms with van der Waals surface area (Å²) in [5, 5.41) is 0. The van der Waals surface area contributed by atoms with Crippen LogP contribution >= 0.6 is 0 Å². The second-order valence-electron chi connectivity index (χ2n) is 6.26. The molecule has 2 rings (SSSR count). The SMILES string of the molecule is CC1=CC2C(C(C)C)CC[C@@H](C)C2CC1. The van der Waals surface area contributed by atoms with Gasteiger partial charge in [0.25, 0.3) is 0 Å². The molecule has 0 heteroatoms. The monoisotopic (exact) mass is 206 g/mol. The number of hydrogen-bond acceptors (Lipinski definition) is 0. The van der Waals surface area contributed by atoms with Crippen LogP contribution in [0.1, 0.15) is 53.4 Å². The van der Waals surface area contributed by atoms with E-state index in [9.17, 15) is 0 Å². The van der Waals surface area contributed by atoms with E-state index in [-0.39, 0.29) is 0 Å². The molecule has 0 nitrogen and oxygen atoms in total. The van der Waals surface area contributed by atoms with Gasteiger partial charge in [-0.1, -0.05) is 38.8 Å². The van der Waals surface area contributed by atoms with E-state index in [2.05, 4.69) is 33.8 Å². The Morgan fingerprint density at radius 2 is 1.93 bits per heavy atom. The van der Waals surface area contributed by atoms with Crippen LogP contribution in [-0.2, 0) is 0 Å². The number of rotatable bonds is 1. The molecule has 4 atom stereocenters. The summed E-state index contributed by atoms with van der Waals surface area (Å²) in [6.07, 6.45) is 8.36. The Morgan fingerprint density at radius 3 is 2.60 bits per heavy atom. The molecule has 0 amide bonds. The first-order valence-electron chi connectivity index (χ1n) is 6.77. The molecule has 1 saturated carbocycles. The minimum absolute atomic E-state index is 0.868. The lowest BCUT2D eigenvalue weighted by molar-refractivity contribution is 0.0882. The van der Waals surface area contributed by atoms with Crippen LogP contribution in [0.2, 0.25) is 0 Å². The highest BCUT2D eigenvalue weighted by atomic mass is 14.4. The molecule has 0 aliphatic heterocycles. The summed E-state index contributed by atoms with van der Waals surface area (Å²) in [7, 11) is 0. The van der Waals surface area contributed by atoms with E-state index in [1.807, 2.05) is 0 Å². The first-order chi connectivity index (χ1) is 7.09. The summed E-state index contributed by atoms with van der Waals surface area (Å²) in [5.41, 5.74) is 1.65. The molecule has 0 heterocycles. The minimum atomic E-state index is 0.868. The van der Waals surface area contributed by atoms with Gasteiger partial charge in [-0.3, -0.25) is 0 Å². The number of hydrogen-bond donors (Lipinski definition) is 0. The normalized spacial score (nSPS) is 41.3. The van der Waals surface area contributed by atoms with Crippen LogP contribution in [-0.4, -0.2) is 0 Å². The maximum atomic E-state index is 2.62. The second kappa shape index (κ2) is 4.31. The zero-order valence-corrected chi connectivity index (χ0v) is 10.8. The Bertz CT molecular complexity index is 249. The molecule has 0 aromatic rings. The molecule has 0 saturated heterocycles. The predicted molar refractivity (Wildman–Crippen MR) is 66.7 cm³/mol. The van der Waals surface area contributed by atoms with E-state index < -0.39 is 0 Å². The summed E-state index contributed by atoms with van der Waals surface area (Å²) in [5.74, 6) is 4.69. The summed E-state index contributed by atoms with van der Waals surface area (Å²) < 4.78 is 0. The topological polar surface area (TPSA) is 0 Å². The molecule has 15 heavy (non-hydrogen) atoms. The maximum Gasteiger partial charge on any atom is -0.0169 e. The second-order valence-corrected chi connectivity index (χ2v) is 6.26. The van der Waals surface area contributed by atoms with Gasteiger partial charge in [0, 0.05) is 0 Å². The van der Waals surface area contributed by atoms with E-state index >= 15 is 0 Å². The number of allylic oxidation sites excluding steroid dienone is 2. The molecular weight excluding hydrogens is 180 g/mol. The van der Waals surface area contributed by atoms with E-state index in [0.29, 0.717) is 0 Å². The van der Waals surface area contributed by atoms with Crippen LogP contribution < -0.4 is 0 Å². The van der Waals surface area contributed by atoms with Crippen LogP contribution in [0.3, 0.4) is 0 Å². The van der Waals surface area contributed by atoms with Crippen molar-refractivity contribution in [2.24, 2.45) is 29.6 Å². The van der Waals surface area contributed by atoms with Crippen molar-refractivity contribution in [1.29, 1.82) is 0 Å². The lowest BCUT2D eigenvalue weighted by Crippen LogP contribution is -2.36. The minimum Gasteiger partial charge on any atom is -0.0819 e. The van der Waals surface area contributed by atoms with Gasteiger partial charge in [0.2, 0.25) is 0 Å². The van der Waals surface area contributed by atoms with Crippen LogP contribution in [0.5, 0.6) is 0 Å². The smallest absolute Gasteiger partial charge is 0.0169 e. The van der Waals surface area contributed by atoms with Crippen molar-refractivity contribution in [3.05, 3.63) is 11.6 Å². The third-order valence-corrected chi connectivity index (χ3v) is 4.88. The van der Waals surface area contributed by atoms with Gasteiger partial charge < -0.3 is 0 Å². The highest BCUT2D eigenvalue weighted by Crippen LogP contribution is 2.47. The molecule has 1 fully saturated rings. The number of fused-ring (bicyclic) bond motifs is 1. The van der Waals surface area contributed by atoms with Gasteiger partial charge in [0.15, 0.2) is 0 Å². The zero-order chi connectivity index (χ0) is 11.0. The van der Waals surface area contributed by atoms with Crippen LogP contribution in [0.4, 0.5) is 0 Å². The molecule has 0 radical (unpaired) electrons. The van der Waals surface area contributed by atoms with Gasteiger partial charge in [-0.15, -0.1) is 0 Å². The van der Waals surface area contributed by atoms with Gasteiger partial charge in [0.1, 0.15) is 0 Å². The lowest BCUT2D eigenvalue weighted by Gasteiger charge is -2.45. The summed E-state index contributed by atoms with van der Waals surface area (Å²) >= 11 is 0. The van der Waals surface area contributed by atoms with Gasteiger partial charge in [-0.2, -0.15) is 0 Å². The predicted octanol–water partition coefficient (Wildman–Crippen LogP) is 4.66. The standard InChI is InChI=1S/C15H26/c1-10(2)13-8-6-12(4)14-7-5-11(3)9-15(13)14/h9-10,12-15H,5-8H2,1-4H3/t12-,13?,14?,15?/m1/s1. The maximum absolute atomic E-state index is 2.62. The molecule has 0 aromatic carbocycles. The molecule has 0 bridgehead atoms. The van der Waals surface area contributed by atoms with E-state index in [4.69, 9.17) is 0 Å². The first-order valence-corrected chi connectivity index (χ1v) is 6.77. The molecule has 0 spiro atoms. The Morgan fingerprint density at radius 1 is 1.20 bits per heavy atom. The molecule has 0 N–H and O–H groups in total. The molecule has 3 unspecified atom stereocenters. The summed E-state index contributed by atoms with van der Waals surface area (Å²) in [6, 6.07) is 0. The van der Waals surface area contributed by atoms with E-state index in [1.165, 1.54) is 25.7 Å². The van der Waals surface area contributed by atoms with Crippen LogP contribution in [0.15, 0.2) is 11.6 Å². The van der Waals surface area contributed by atoms with Gasteiger partial charge >= 0.3 is 0 Å². The van der Waals surface area contributed by atoms with Crippen LogP contribution in [0.25, 0.3) is 0 Å². The summed E-state index contributed by atoms with van der Waals surface area (Å²) in [4.78, 5) is 0. The fraction of sp³-hybridized carbons (Fsp3) is 0.867. The lowest BCUT2D eigenvalue weighted by atomic mass is 9.60. The fourth-order valence-electron chi connectivity index (χ4n) is 3.87. The third kappa shape index (κ3) is 2.14. The molecule has 2 aliphatic rings. The van der Waals surface area contributed by atoms with Crippen molar-refractivity contribution in [1.82, 2.24) is 0 Å². The molecule has 2 aliphatic carbocycles.